The van der Waals surface area contributed by atoms with Crippen molar-refractivity contribution in [3.05, 3.63) is 84.3 Å². The fraction of sp³-hybridized carbons (Fsp3) is 0.174. The van der Waals surface area contributed by atoms with Crippen molar-refractivity contribution in [3.63, 3.8) is 0 Å². The third-order valence-corrected chi connectivity index (χ3v) is 5.38. The van der Waals surface area contributed by atoms with Gasteiger partial charge in [-0.2, -0.15) is 0 Å². The van der Waals surface area contributed by atoms with Gasteiger partial charge in [0.1, 0.15) is 23.6 Å². The SMILES string of the molecule is O[C@H](Cc1cccnc1)NCCOc1ccc(-c2csc(-c3ccncc3)n2)cc1. The molecule has 0 fully saturated rings. The summed E-state index contributed by atoms with van der Waals surface area (Å²) in [6, 6.07) is 15.6. The molecule has 3 aromatic heterocycles. The molecule has 3 heterocycles. The zero-order chi connectivity index (χ0) is 20.6. The molecule has 0 saturated heterocycles. The first-order valence-corrected chi connectivity index (χ1v) is 10.6. The van der Waals surface area contributed by atoms with E-state index in [1.54, 1.807) is 36.1 Å². The Bertz CT molecular complexity index is 1040. The first-order chi connectivity index (χ1) is 14.8. The minimum absolute atomic E-state index is 0.465. The molecule has 0 radical (unpaired) electrons. The first kappa shape index (κ1) is 20.2. The Labute approximate surface area is 179 Å². The number of nitrogens with one attached hydrogen (secondary N) is 1. The molecule has 1 aromatic carbocycles. The molecule has 0 saturated carbocycles. The maximum Gasteiger partial charge on any atom is 0.124 e. The lowest BCUT2D eigenvalue weighted by Gasteiger charge is -2.13. The second kappa shape index (κ2) is 10.1. The van der Waals surface area contributed by atoms with Crippen LogP contribution in [-0.4, -0.2) is 39.4 Å². The van der Waals surface area contributed by atoms with E-state index in [0.717, 1.165) is 33.1 Å². The van der Waals surface area contributed by atoms with Crippen LogP contribution < -0.4 is 10.1 Å². The van der Waals surface area contributed by atoms with Crippen molar-refractivity contribution in [2.45, 2.75) is 12.6 Å². The van der Waals surface area contributed by atoms with Gasteiger partial charge in [-0.3, -0.25) is 15.3 Å². The lowest BCUT2D eigenvalue weighted by Crippen LogP contribution is -2.34. The number of pyridine rings is 2. The molecule has 0 amide bonds. The van der Waals surface area contributed by atoms with E-state index in [4.69, 9.17) is 9.72 Å². The van der Waals surface area contributed by atoms with Crippen molar-refractivity contribution >= 4 is 11.3 Å². The van der Waals surface area contributed by atoms with Gasteiger partial charge in [0.05, 0.1) is 5.69 Å². The van der Waals surface area contributed by atoms with Crippen LogP contribution in [0.2, 0.25) is 0 Å². The van der Waals surface area contributed by atoms with Gasteiger partial charge in [-0.1, -0.05) is 6.07 Å². The number of hydrogen-bond acceptors (Lipinski definition) is 7. The van der Waals surface area contributed by atoms with Crippen LogP contribution in [0.1, 0.15) is 5.56 Å². The summed E-state index contributed by atoms with van der Waals surface area (Å²) in [5, 5.41) is 16.1. The average Bonchev–Trinajstić information content (AvgIpc) is 3.29. The number of nitrogens with zero attached hydrogens (tertiary/aromatic N) is 3. The van der Waals surface area contributed by atoms with E-state index in [-0.39, 0.29) is 0 Å². The average molecular weight is 419 g/mol. The highest BCUT2D eigenvalue weighted by atomic mass is 32.1. The number of rotatable bonds is 9. The number of aromatic nitrogens is 3. The van der Waals surface area contributed by atoms with Crippen molar-refractivity contribution in [1.82, 2.24) is 20.3 Å². The smallest absolute Gasteiger partial charge is 0.124 e. The highest BCUT2D eigenvalue weighted by molar-refractivity contribution is 7.13. The van der Waals surface area contributed by atoms with Crippen LogP contribution in [0.5, 0.6) is 5.75 Å². The van der Waals surface area contributed by atoms with E-state index in [9.17, 15) is 5.11 Å². The molecular formula is C23H22N4O2S. The third kappa shape index (κ3) is 5.48. The van der Waals surface area contributed by atoms with E-state index in [1.807, 2.05) is 48.5 Å². The Morgan fingerprint density at radius 3 is 2.57 bits per heavy atom. The minimum Gasteiger partial charge on any atom is -0.492 e. The number of hydrogen-bond donors (Lipinski definition) is 2. The van der Waals surface area contributed by atoms with Gasteiger partial charge in [0.25, 0.3) is 0 Å². The Balaban J connectivity index is 1.25. The number of thiazole rings is 1. The normalized spacial score (nSPS) is 11.9. The van der Waals surface area contributed by atoms with Gasteiger partial charge in [-0.25, -0.2) is 4.98 Å². The van der Waals surface area contributed by atoms with Crippen molar-refractivity contribution in [1.29, 1.82) is 0 Å². The molecule has 1 atom stereocenters. The number of aliphatic hydroxyl groups is 1. The van der Waals surface area contributed by atoms with Gasteiger partial charge in [0, 0.05) is 54.3 Å². The topological polar surface area (TPSA) is 80.2 Å². The second-order valence-corrected chi connectivity index (χ2v) is 7.54. The van der Waals surface area contributed by atoms with E-state index in [1.165, 1.54) is 0 Å². The summed E-state index contributed by atoms with van der Waals surface area (Å²) in [6.07, 6.45) is 6.91. The Hall–Kier alpha value is -3.13. The maximum absolute atomic E-state index is 10.0. The molecular weight excluding hydrogens is 396 g/mol. The molecule has 4 aromatic rings. The highest BCUT2D eigenvalue weighted by Gasteiger charge is 2.07. The summed E-state index contributed by atoms with van der Waals surface area (Å²) in [6.45, 7) is 1.01. The third-order valence-electron chi connectivity index (χ3n) is 4.48. The Kier molecular flexibility index (Phi) is 6.76. The molecule has 0 unspecified atom stereocenters. The van der Waals surface area contributed by atoms with E-state index in [0.29, 0.717) is 19.6 Å². The van der Waals surface area contributed by atoms with Gasteiger partial charge in [-0.15, -0.1) is 11.3 Å². The van der Waals surface area contributed by atoms with E-state index >= 15 is 0 Å². The van der Waals surface area contributed by atoms with E-state index < -0.39 is 6.23 Å². The standard InChI is InChI=1S/C23H22N4O2S/c28-22(14-17-2-1-9-25-15-17)26-12-13-29-20-5-3-18(4-6-20)21-16-30-23(27-21)19-7-10-24-11-8-19/h1-11,15-16,22,26,28H,12-14H2/t22-/m1/s1. The molecule has 30 heavy (non-hydrogen) atoms. The molecule has 0 aliphatic carbocycles. The largest absolute Gasteiger partial charge is 0.492 e. The van der Waals surface area contributed by atoms with Crippen molar-refractivity contribution in [2.75, 3.05) is 13.2 Å². The lowest BCUT2D eigenvalue weighted by atomic mass is 10.2. The molecule has 0 aliphatic heterocycles. The first-order valence-electron chi connectivity index (χ1n) is 9.67. The zero-order valence-corrected chi connectivity index (χ0v) is 17.1. The number of ether oxygens (including phenoxy) is 1. The summed E-state index contributed by atoms with van der Waals surface area (Å²) < 4.78 is 5.76. The summed E-state index contributed by atoms with van der Waals surface area (Å²) in [5.74, 6) is 0.784. The predicted molar refractivity (Wildman–Crippen MR) is 118 cm³/mol. The molecule has 6 nitrogen and oxygen atoms in total. The Morgan fingerprint density at radius 2 is 1.80 bits per heavy atom. The molecule has 152 valence electrons. The summed E-state index contributed by atoms with van der Waals surface area (Å²) in [5.41, 5.74) is 4.05. The van der Waals surface area contributed by atoms with Crippen LogP contribution in [-0.2, 0) is 6.42 Å². The minimum atomic E-state index is -0.626. The van der Waals surface area contributed by atoms with Crippen LogP contribution in [0.4, 0.5) is 0 Å². The second-order valence-electron chi connectivity index (χ2n) is 6.68. The van der Waals surface area contributed by atoms with Crippen LogP contribution in [0, 0.1) is 0 Å². The van der Waals surface area contributed by atoms with Gasteiger partial charge in [-0.05, 0) is 48.0 Å². The summed E-state index contributed by atoms with van der Waals surface area (Å²) in [7, 11) is 0. The monoisotopic (exact) mass is 418 g/mol. The predicted octanol–water partition coefficient (Wildman–Crippen LogP) is 3.80. The molecule has 4 rings (SSSR count). The van der Waals surface area contributed by atoms with Crippen LogP contribution in [0.3, 0.4) is 0 Å². The summed E-state index contributed by atoms with van der Waals surface area (Å²) >= 11 is 1.62. The van der Waals surface area contributed by atoms with Crippen molar-refractivity contribution in [2.24, 2.45) is 0 Å². The fourth-order valence-electron chi connectivity index (χ4n) is 2.96. The highest BCUT2D eigenvalue weighted by Crippen LogP contribution is 2.29. The van der Waals surface area contributed by atoms with Gasteiger partial charge in [0.2, 0.25) is 0 Å². The van der Waals surface area contributed by atoms with E-state index in [2.05, 4.69) is 20.7 Å². The molecule has 0 aliphatic rings. The van der Waals surface area contributed by atoms with Gasteiger partial charge in [0.15, 0.2) is 0 Å². The quantitative estimate of drug-likeness (QED) is 0.318. The van der Waals surface area contributed by atoms with Gasteiger partial charge < -0.3 is 9.84 Å². The molecule has 2 N–H and O–H groups in total. The number of benzene rings is 1. The molecule has 7 heteroatoms. The van der Waals surface area contributed by atoms with Crippen molar-refractivity contribution in [3.8, 4) is 27.6 Å². The number of aliphatic hydroxyl groups excluding tert-OH is 1. The summed E-state index contributed by atoms with van der Waals surface area (Å²) in [4.78, 5) is 12.8. The lowest BCUT2D eigenvalue weighted by molar-refractivity contribution is 0.130. The van der Waals surface area contributed by atoms with Crippen molar-refractivity contribution < 1.29 is 9.84 Å². The fourth-order valence-corrected chi connectivity index (χ4v) is 3.80. The van der Waals surface area contributed by atoms with Crippen LogP contribution >= 0.6 is 11.3 Å². The molecule has 0 spiro atoms. The zero-order valence-electron chi connectivity index (χ0n) is 16.3. The maximum atomic E-state index is 10.0. The van der Waals surface area contributed by atoms with Crippen LogP contribution in [0.15, 0.2) is 78.7 Å². The van der Waals surface area contributed by atoms with Gasteiger partial charge >= 0.3 is 0 Å². The van der Waals surface area contributed by atoms with Crippen LogP contribution in [0.25, 0.3) is 21.8 Å². The molecule has 0 bridgehead atoms. The Morgan fingerprint density at radius 1 is 0.967 bits per heavy atom.